The van der Waals surface area contributed by atoms with Crippen LogP contribution < -0.4 is 5.73 Å². The predicted molar refractivity (Wildman–Crippen MR) is 54.8 cm³/mol. The number of hydrogen-bond donors (Lipinski definition) is 1. The minimum absolute atomic E-state index is 0.134. The zero-order valence-corrected chi connectivity index (χ0v) is 8.88. The first-order valence-corrected chi connectivity index (χ1v) is 5.24. The van der Waals surface area contributed by atoms with Crippen LogP contribution in [0.3, 0.4) is 0 Å². The van der Waals surface area contributed by atoms with Crippen molar-refractivity contribution in [1.29, 1.82) is 0 Å². The molecular weight excluding hydrogens is 164 g/mol. The maximum atomic E-state index is 5.82. The molecule has 0 bridgehead atoms. The minimum Gasteiger partial charge on any atom is -0.379 e. The second kappa shape index (κ2) is 4.94. The van der Waals surface area contributed by atoms with E-state index >= 15 is 0 Å². The summed E-state index contributed by atoms with van der Waals surface area (Å²) >= 11 is 0. The summed E-state index contributed by atoms with van der Waals surface area (Å²) in [7, 11) is 2.16. The third-order valence-electron chi connectivity index (χ3n) is 3.12. The summed E-state index contributed by atoms with van der Waals surface area (Å²) in [6, 6.07) is 0. The van der Waals surface area contributed by atoms with Gasteiger partial charge in [-0.2, -0.15) is 0 Å². The van der Waals surface area contributed by atoms with Gasteiger partial charge in [-0.25, -0.2) is 0 Å². The normalized spacial score (nSPS) is 28.6. The molecule has 1 aliphatic rings. The highest BCUT2D eigenvalue weighted by Crippen LogP contribution is 2.23. The lowest BCUT2D eigenvalue weighted by Gasteiger charge is -2.36. The minimum atomic E-state index is 0.134. The van der Waals surface area contributed by atoms with Gasteiger partial charge in [0.1, 0.15) is 0 Å². The monoisotopic (exact) mass is 186 g/mol. The summed E-state index contributed by atoms with van der Waals surface area (Å²) in [6.07, 6.45) is 3.58. The molecule has 0 aromatic carbocycles. The average molecular weight is 186 g/mol. The fourth-order valence-electron chi connectivity index (χ4n) is 1.85. The summed E-state index contributed by atoms with van der Waals surface area (Å²) in [5.74, 6) is 0. The number of likely N-dealkylation sites (N-methyl/N-ethyl adjacent to an activating group) is 1. The Kier molecular flexibility index (Phi) is 4.16. The first-order chi connectivity index (χ1) is 6.25. The Morgan fingerprint density at radius 1 is 1.54 bits per heavy atom. The molecule has 78 valence electrons. The van der Waals surface area contributed by atoms with Crippen molar-refractivity contribution in [2.45, 2.75) is 31.7 Å². The molecule has 1 unspecified atom stereocenters. The lowest BCUT2D eigenvalue weighted by molar-refractivity contribution is 0.0926. The number of nitrogens with zero attached hydrogens (tertiary/aromatic N) is 1. The SMILES string of the molecule is CCCCN(C)C1(CN)CCOC1. The topological polar surface area (TPSA) is 38.5 Å². The molecule has 2 N–H and O–H groups in total. The average Bonchev–Trinajstić information content (AvgIpc) is 2.63. The van der Waals surface area contributed by atoms with Crippen molar-refractivity contribution < 1.29 is 4.74 Å². The quantitative estimate of drug-likeness (QED) is 0.691. The van der Waals surface area contributed by atoms with Gasteiger partial charge >= 0.3 is 0 Å². The van der Waals surface area contributed by atoms with E-state index in [0.717, 1.165) is 26.2 Å². The molecule has 0 amide bonds. The van der Waals surface area contributed by atoms with Crippen molar-refractivity contribution in [3.8, 4) is 0 Å². The van der Waals surface area contributed by atoms with Crippen molar-refractivity contribution in [2.75, 3.05) is 33.4 Å². The van der Waals surface area contributed by atoms with Crippen LogP contribution in [-0.4, -0.2) is 43.8 Å². The Morgan fingerprint density at radius 2 is 2.31 bits per heavy atom. The number of hydrogen-bond acceptors (Lipinski definition) is 3. The molecule has 0 saturated carbocycles. The Hall–Kier alpha value is -0.120. The summed E-state index contributed by atoms with van der Waals surface area (Å²) in [4.78, 5) is 2.38. The van der Waals surface area contributed by atoms with E-state index < -0.39 is 0 Å². The van der Waals surface area contributed by atoms with Crippen LogP contribution >= 0.6 is 0 Å². The van der Waals surface area contributed by atoms with Gasteiger partial charge in [0.2, 0.25) is 0 Å². The molecule has 0 aromatic rings. The summed E-state index contributed by atoms with van der Waals surface area (Å²) in [5.41, 5.74) is 5.95. The van der Waals surface area contributed by atoms with Crippen LogP contribution in [0.4, 0.5) is 0 Å². The van der Waals surface area contributed by atoms with Gasteiger partial charge in [0.05, 0.1) is 12.1 Å². The van der Waals surface area contributed by atoms with E-state index in [1.807, 2.05) is 0 Å². The maximum Gasteiger partial charge on any atom is 0.0663 e. The molecular formula is C10H22N2O. The Morgan fingerprint density at radius 3 is 2.77 bits per heavy atom. The van der Waals surface area contributed by atoms with E-state index in [0.29, 0.717) is 6.54 Å². The van der Waals surface area contributed by atoms with Crippen LogP contribution in [0.25, 0.3) is 0 Å². The van der Waals surface area contributed by atoms with Crippen molar-refractivity contribution in [3.63, 3.8) is 0 Å². The molecule has 0 aromatic heterocycles. The Labute approximate surface area is 81.2 Å². The van der Waals surface area contributed by atoms with Gasteiger partial charge in [0.15, 0.2) is 0 Å². The molecule has 0 radical (unpaired) electrons. The Balaban J connectivity index is 2.44. The Bertz CT molecular complexity index is 144. The molecule has 1 heterocycles. The van der Waals surface area contributed by atoms with Gasteiger partial charge in [-0.1, -0.05) is 13.3 Å². The zero-order chi connectivity index (χ0) is 9.73. The van der Waals surface area contributed by atoms with Crippen LogP contribution in [0.2, 0.25) is 0 Å². The highest BCUT2D eigenvalue weighted by molar-refractivity contribution is 4.93. The van der Waals surface area contributed by atoms with E-state index in [-0.39, 0.29) is 5.54 Å². The van der Waals surface area contributed by atoms with Crippen LogP contribution in [0.5, 0.6) is 0 Å². The van der Waals surface area contributed by atoms with Gasteiger partial charge in [-0.15, -0.1) is 0 Å². The molecule has 13 heavy (non-hydrogen) atoms. The number of rotatable bonds is 5. The van der Waals surface area contributed by atoms with Crippen molar-refractivity contribution in [3.05, 3.63) is 0 Å². The molecule has 1 aliphatic heterocycles. The van der Waals surface area contributed by atoms with Crippen LogP contribution in [0.1, 0.15) is 26.2 Å². The first-order valence-electron chi connectivity index (χ1n) is 5.24. The van der Waals surface area contributed by atoms with Crippen LogP contribution in [-0.2, 0) is 4.74 Å². The van der Waals surface area contributed by atoms with Gasteiger partial charge in [-0.05, 0) is 26.4 Å². The molecule has 3 nitrogen and oxygen atoms in total. The molecule has 1 rings (SSSR count). The molecule has 0 spiro atoms. The predicted octanol–water partition coefficient (Wildman–Crippen LogP) is 0.836. The summed E-state index contributed by atoms with van der Waals surface area (Å²) in [5, 5.41) is 0. The largest absolute Gasteiger partial charge is 0.379 e. The second-order valence-electron chi connectivity index (χ2n) is 4.01. The second-order valence-corrected chi connectivity index (χ2v) is 4.01. The molecule has 1 atom stereocenters. The maximum absolute atomic E-state index is 5.82. The fourth-order valence-corrected chi connectivity index (χ4v) is 1.85. The standard InChI is InChI=1S/C10H22N2O/c1-3-4-6-12(2)10(8-11)5-7-13-9-10/h3-9,11H2,1-2H3. The highest BCUT2D eigenvalue weighted by Gasteiger charge is 2.36. The third kappa shape index (κ3) is 2.42. The fraction of sp³-hybridized carbons (Fsp3) is 1.00. The summed E-state index contributed by atoms with van der Waals surface area (Å²) < 4.78 is 5.43. The van der Waals surface area contributed by atoms with Gasteiger partial charge in [-0.3, -0.25) is 4.90 Å². The number of nitrogens with two attached hydrogens (primary N) is 1. The van der Waals surface area contributed by atoms with E-state index in [1.54, 1.807) is 0 Å². The summed E-state index contributed by atoms with van der Waals surface area (Å²) in [6.45, 7) is 5.75. The molecule has 1 saturated heterocycles. The van der Waals surface area contributed by atoms with Crippen molar-refractivity contribution >= 4 is 0 Å². The third-order valence-corrected chi connectivity index (χ3v) is 3.12. The highest BCUT2D eigenvalue weighted by atomic mass is 16.5. The van der Waals surface area contributed by atoms with Gasteiger partial charge < -0.3 is 10.5 Å². The van der Waals surface area contributed by atoms with E-state index in [4.69, 9.17) is 10.5 Å². The number of unbranched alkanes of at least 4 members (excludes halogenated alkanes) is 1. The smallest absolute Gasteiger partial charge is 0.0663 e. The van der Waals surface area contributed by atoms with Gasteiger partial charge in [0, 0.05) is 13.2 Å². The lowest BCUT2D eigenvalue weighted by atomic mass is 9.96. The van der Waals surface area contributed by atoms with Crippen molar-refractivity contribution in [2.24, 2.45) is 5.73 Å². The number of ether oxygens (including phenoxy) is 1. The van der Waals surface area contributed by atoms with E-state index in [2.05, 4.69) is 18.9 Å². The van der Waals surface area contributed by atoms with Gasteiger partial charge in [0.25, 0.3) is 0 Å². The molecule has 0 aliphatic carbocycles. The van der Waals surface area contributed by atoms with Crippen LogP contribution in [0, 0.1) is 0 Å². The van der Waals surface area contributed by atoms with E-state index in [1.165, 1.54) is 12.8 Å². The lowest BCUT2D eigenvalue weighted by Crippen LogP contribution is -2.52. The van der Waals surface area contributed by atoms with Crippen LogP contribution in [0.15, 0.2) is 0 Å². The molecule has 1 fully saturated rings. The van der Waals surface area contributed by atoms with E-state index in [9.17, 15) is 0 Å². The van der Waals surface area contributed by atoms with Crippen molar-refractivity contribution in [1.82, 2.24) is 4.90 Å². The molecule has 3 heteroatoms. The first kappa shape index (κ1) is 11.0. The zero-order valence-electron chi connectivity index (χ0n) is 8.88.